The van der Waals surface area contributed by atoms with E-state index in [4.69, 9.17) is 9.47 Å². The minimum atomic E-state index is -0.255. The van der Waals surface area contributed by atoms with Gasteiger partial charge in [0.15, 0.2) is 6.29 Å². The summed E-state index contributed by atoms with van der Waals surface area (Å²) in [5.41, 5.74) is 0. The highest BCUT2D eigenvalue weighted by Gasteiger charge is 2.19. The zero-order valence-corrected chi connectivity index (χ0v) is 9.08. The summed E-state index contributed by atoms with van der Waals surface area (Å²) in [4.78, 5) is 0. The summed E-state index contributed by atoms with van der Waals surface area (Å²) in [6.45, 7) is 3.54. The second kappa shape index (κ2) is 7.21. The summed E-state index contributed by atoms with van der Waals surface area (Å²) in [7, 11) is 0. The van der Waals surface area contributed by atoms with Gasteiger partial charge in [-0.2, -0.15) is 0 Å². The molecule has 0 saturated carbocycles. The number of rotatable bonds is 7. The third-order valence-electron chi connectivity index (χ3n) is 2.55. The number of aliphatic hydroxyl groups excluding tert-OH is 1. The van der Waals surface area contributed by atoms with Crippen LogP contribution in [0.3, 0.4) is 0 Å². The van der Waals surface area contributed by atoms with Crippen LogP contribution in [0.5, 0.6) is 0 Å². The van der Waals surface area contributed by atoms with E-state index in [2.05, 4.69) is 6.92 Å². The first kappa shape index (κ1) is 12.0. The molecule has 14 heavy (non-hydrogen) atoms. The van der Waals surface area contributed by atoms with E-state index in [9.17, 15) is 5.11 Å². The van der Waals surface area contributed by atoms with Crippen molar-refractivity contribution < 1.29 is 14.6 Å². The first-order valence-corrected chi connectivity index (χ1v) is 5.74. The molecule has 1 atom stereocenters. The minimum absolute atomic E-state index is 0.156. The largest absolute Gasteiger partial charge is 0.393 e. The Morgan fingerprint density at radius 3 is 2.57 bits per heavy atom. The molecule has 0 aromatic carbocycles. The Morgan fingerprint density at radius 1 is 1.21 bits per heavy atom. The van der Waals surface area contributed by atoms with E-state index in [1.807, 2.05) is 0 Å². The maximum absolute atomic E-state index is 9.65. The van der Waals surface area contributed by atoms with Crippen LogP contribution in [0.4, 0.5) is 0 Å². The van der Waals surface area contributed by atoms with Gasteiger partial charge in [0.2, 0.25) is 0 Å². The van der Waals surface area contributed by atoms with E-state index in [0.29, 0.717) is 19.6 Å². The molecule has 0 aromatic rings. The highest BCUT2D eigenvalue weighted by molar-refractivity contribution is 4.61. The van der Waals surface area contributed by atoms with E-state index in [1.54, 1.807) is 0 Å². The molecule has 1 aliphatic heterocycles. The van der Waals surface area contributed by atoms with Gasteiger partial charge in [0.25, 0.3) is 0 Å². The topological polar surface area (TPSA) is 38.7 Å². The van der Waals surface area contributed by atoms with Gasteiger partial charge in [-0.1, -0.05) is 32.6 Å². The molecule has 0 radical (unpaired) electrons. The lowest BCUT2D eigenvalue weighted by atomic mass is 10.1. The second-order valence-corrected chi connectivity index (χ2v) is 3.91. The quantitative estimate of drug-likeness (QED) is 0.642. The third-order valence-corrected chi connectivity index (χ3v) is 2.55. The van der Waals surface area contributed by atoms with Gasteiger partial charge in [0.05, 0.1) is 19.3 Å². The van der Waals surface area contributed by atoms with Crippen molar-refractivity contribution in [2.24, 2.45) is 0 Å². The Hall–Kier alpha value is -0.120. The summed E-state index contributed by atoms with van der Waals surface area (Å²) in [6.07, 6.45) is 5.94. The van der Waals surface area contributed by atoms with Gasteiger partial charge in [-0.3, -0.25) is 0 Å². The van der Waals surface area contributed by atoms with Crippen molar-refractivity contribution in [2.75, 3.05) is 13.2 Å². The SMILES string of the molecule is CCCCCCC(O)CC1OCCO1. The molecular formula is C11H22O3. The Labute approximate surface area is 86.4 Å². The average Bonchev–Trinajstić information content (AvgIpc) is 2.65. The first-order chi connectivity index (χ1) is 6.83. The van der Waals surface area contributed by atoms with Crippen molar-refractivity contribution >= 4 is 0 Å². The van der Waals surface area contributed by atoms with Crippen molar-refractivity contribution in [3.05, 3.63) is 0 Å². The van der Waals surface area contributed by atoms with E-state index >= 15 is 0 Å². The molecule has 3 nitrogen and oxygen atoms in total. The Morgan fingerprint density at radius 2 is 1.93 bits per heavy atom. The smallest absolute Gasteiger partial charge is 0.160 e. The number of aliphatic hydroxyl groups is 1. The van der Waals surface area contributed by atoms with Gasteiger partial charge in [-0.05, 0) is 6.42 Å². The fraction of sp³-hybridized carbons (Fsp3) is 1.00. The van der Waals surface area contributed by atoms with Crippen molar-refractivity contribution in [2.45, 2.75) is 57.8 Å². The van der Waals surface area contributed by atoms with Gasteiger partial charge in [0.1, 0.15) is 0 Å². The predicted molar refractivity (Wildman–Crippen MR) is 55.1 cm³/mol. The summed E-state index contributed by atoms with van der Waals surface area (Å²) in [5.74, 6) is 0. The monoisotopic (exact) mass is 202 g/mol. The van der Waals surface area contributed by atoms with Gasteiger partial charge in [0, 0.05) is 6.42 Å². The van der Waals surface area contributed by atoms with Crippen molar-refractivity contribution in [3.8, 4) is 0 Å². The summed E-state index contributed by atoms with van der Waals surface area (Å²) < 4.78 is 10.5. The minimum Gasteiger partial charge on any atom is -0.393 e. The van der Waals surface area contributed by atoms with Crippen LogP contribution in [0.25, 0.3) is 0 Å². The standard InChI is InChI=1S/C11H22O3/c1-2-3-4-5-6-10(12)9-11-13-7-8-14-11/h10-12H,2-9H2,1H3. The number of hydrogen-bond acceptors (Lipinski definition) is 3. The van der Waals surface area contributed by atoms with Crippen LogP contribution in [0.2, 0.25) is 0 Å². The van der Waals surface area contributed by atoms with Crippen LogP contribution in [0.15, 0.2) is 0 Å². The highest BCUT2D eigenvalue weighted by Crippen LogP contribution is 2.14. The summed E-state index contributed by atoms with van der Waals surface area (Å²) in [5, 5.41) is 9.65. The molecule has 1 fully saturated rings. The predicted octanol–water partition coefficient (Wildman–Crippen LogP) is 2.08. The molecule has 3 heteroatoms. The molecule has 1 rings (SSSR count). The van der Waals surface area contributed by atoms with Crippen molar-refractivity contribution in [1.29, 1.82) is 0 Å². The molecule has 1 unspecified atom stereocenters. The molecule has 0 bridgehead atoms. The zero-order chi connectivity index (χ0) is 10.2. The zero-order valence-electron chi connectivity index (χ0n) is 9.08. The molecule has 1 aliphatic rings. The molecule has 1 saturated heterocycles. The lowest BCUT2D eigenvalue weighted by molar-refractivity contribution is -0.0712. The van der Waals surface area contributed by atoms with Crippen molar-refractivity contribution in [1.82, 2.24) is 0 Å². The first-order valence-electron chi connectivity index (χ1n) is 5.74. The molecule has 0 amide bonds. The van der Waals surface area contributed by atoms with Crippen LogP contribution in [-0.4, -0.2) is 30.7 Å². The van der Waals surface area contributed by atoms with E-state index in [0.717, 1.165) is 12.8 Å². The molecule has 0 aliphatic carbocycles. The Balaban J connectivity index is 1.95. The average molecular weight is 202 g/mol. The third kappa shape index (κ3) is 4.94. The van der Waals surface area contributed by atoms with Gasteiger partial charge >= 0.3 is 0 Å². The van der Waals surface area contributed by atoms with Gasteiger partial charge in [-0.15, -0.1) is 0 Å². The van der Waals surface area contributed by atoms with Crippen LogP contribution >= 0.6 is 0 Å². The van der Waals surface area contributed by atoms with Crippen LogP contribution in [0, 0.1) is 0 Å². The maximum Gasteiger partial charge on any atom is 0.160 e. The lowest BCUT2D eigenvalue weighted by Crippen LogP contribution is -2.18. The molecular weight excluding hydrogens is 180 g/mol. The molecule has 0 aromatic heterocycles. The van der Waals surface area contributed by atoms with Gasteiger partial charge < -0.3 is 14.6 Å². The van der Waals surface area contributed by atoms with E-state index in [1.165, 1.54) is 19.3 Å². The fourth-order valence-corrected chi connectivity index (χ4v) is 1.69. The van der Waals surface area contributed by atoms with Crippen LogP contribution < -0.4 is 0 Å². The Kier molecular flexibility index (Phi) is 6.15. The highest BCUT2D eigenvalue weighted by atomic mass is 16.7. The van der Waals surface area contributed by atoms with Gasteiger partial charge in [-0.25, -0.2) is 0 Å². The summed E-state index contributed by atoms with van der Waals surface area (Å²) >= 11 is 0. The van der Waals surface area contributed by atoms with Crippen molar-refractivity contribution in [3.63, 3.8) is 0 Å². The molecule has 84 valence electrons. The maximum atomic E-state index is 9.65. The lowest BCUT2D eigenvalue weighted by Gasteiger charge is -2.14. The number of ether oxygens (including phenoxy) is 2. The van der Waals surface area contributed by atoms with Crippen LogP contribution in [0.1, 0.15) is 45.4 Å². The van der Waals surface area contributed by atoms with Crippen LogP contribution in [-0.2, 0) is 9.47 Å². The Bertz CT molecular complexity index is 132. The molecule has 0 spiro atoms. The van der Waals surface area contributed by atoms with E-state index in [-0.39, 0.29) is 12.4 Å². The van der Waals surface area contributed by atoms with E-state index < -0.39 is 0 Å². The fourth-order valence-electron chi connectivity index (χ4n) is 1.69. The molecule has 1 heterocycles. The summed E-state index contributed by atoms with van der Waals surface area (Å²) in [6, 6.07) is 0. The number of unbranched alkanes of at least 4 members (excludes halogenated alkanes) is 3. The molecule has 1 N–H and O–H groups in total. The second-order valence-electron chi connectivity index (χ2n) is 3.91. The normalized spacial score (nSPS) is 20.1. The number of hydrogen-bond donors (Lipinski definition) is 1.